The zero-order valence-corrected chi connectivity index (χ0v) is 31.1. The van der Waals surface area contributed by atoms with Crippen molar-refractivity contribution in [2.24, 2.45) is 0 Å². The first-order valence-electron chi connectivity index (χ1n) is 19.1. The zero-order valence-electron chi connectivity index (χ0n) is 29.4. The Kier molecular flexibility index (Phi) is 8.70. The van der Waals surface area contributed by atoms with E-state index in [9.17, 15) is 0 Å². The van der Waals surface area contributed by atoms with Crippen molar-refractivity contribution in [3.63, 3.8) is 0 Å². The number of rotatable bonds is 14. The van der Waals surface area contributed by atoms with E-state index in [2.05, 4.69) is 94.4 Å². The quantitative estimate of drug-likeness (QED) is 0.0645. The number of benzene rings is 4. The van der Waals surface area contributed by atoms with Crippen molar-refractivity contribution >= 4 is 109 Å². The van der Waals surface area contributed by atoms with Gasteiger partial charge in [-0.2, -0.15) is 0 Å². The molecule has 0 N–H and O–H groups in total. The van der Waals surface area contributed by atoms with Crippen molar-refractivity contribution in [3.8, 4) is 0 Å². The molecular formula is C44H46N4S2. The van der Waals surface area contributed by atoms with Gasteiger partial charge in [-0.05, 0) is 46.5 Å². The van der Waals surface area contributed by atoms with E-state index in [1.165, 1.54) is 141 Å². The van der Waals surface area contributed by atoms with Gasteiger partial charge in [0.1, 0.15) is 11.0 Å². The summed E-state index contributed by atoms with van der Waals surface area (Å²) in [5, 5.41) is 12.0. The molecule has 5 aromatic heterocycles. The van der Waals surface area contributed by atoms with E-state index in [1.54, 1.807) is 0 Å². The third kappa shape index (κ3) is 5.12. The topological polar surface area (TPSA) is 35.6 Å². The van der Waals surface area contributed by atoms with Crippen LogP contribution in [0.25, 0.3) is 85.9 Å². The molecule has 0 saturated heterocycles. The largest absolute Gasteiger partial charge is 0.338 e. The van der Waals surface area contributed by atoms with E-state index in [0.717, 1.165) is 35.2 Å². The molecule has 0 unspecified atom stereocenters. The monoisotopic (exact) mass is 694 g/mol. The van der Waals surface area contributed by atoms with Gasteiger partial charge in [0.2, 0.25) is 0 Å². The molecule has 0 aliphatic rings. The minimum atomic E-state index is 1.01. The predicted molar refractivity (Wildman–Crippen MR) is 221 cm³/mol. The summed E-state index contributed by atoms with van der Waals surface area (Å²) >= 11 is 3.74. The molecule has 0 spiro atoms. The Balaban J connectivity index is 1.36. The van der Waals surface area contributed by atoms with Gasteiger partial charge in [-0.25, -0.2) is 9.97 Å². The number of hydrogen-bond donors (Lipinski definition) is 0. The molecule has 0 amide bonds. The average molecular weight is 695 g/mol. The average Bonchev–Trinajstić information content (AvgIpc) is 3.94. The summed E-state index contributed by atoms with van der Waals surface area (Å²) in [7, 11) is 0. The highest BCUT2D eigenvalue weighted by atomic mass is 32.1. The van der Waals surface area contributed by atoms with Crippen LogP contribution < -0.4 is 0 Å². The maximum absolute atomic E-state index is 5.74. The molecule has 0 bridgehead atoms. The number of nitrogens with zero attached hydrogens (tertiary/aromatic N) is 4. The summed E-state index contributed by atoms with van der Waals surface area (Å²) in [6.07, 6.45) is 15.5. The first kappa shape index (κ1) is 31.9. The second kappa shape index (κ2) is 13.6. The first-order chi connectivity index (χ1) is 24.8. The van der Waals surface area contributed by atoms with E-state index in [-0.39, 0.29) is 0 Å². The van der Waals surface area contributed by atoms with Gasteiger partial charge in [0.15, 0.2) is 0 Å². The van der Waals surface area contributed by atoms with Gasteiger partial charge >= 0.3 is 0 Å². The zero-order chi connectivity index (χ0) is 33.6. The molecule has 6 heteroatoms. The Hall–Kier alpha value is -4.00. The van der Waals surface area contributed by atoms with Crippen LogP contribution in [0.5, 0.6) is 0 Å². The standard InChI is InChI=1S/C44H46N4S2/c1-3-5-7-9-11-17-25-47-33-23-27-49-43(33)35-39-40(46-38-32-22-16-14-20-30(32)29-19-13-15-21-31(29)37(38)45-39)36-42(41(35)47)48(34-24-28-50-44(34)36)26-18-12-10-8-6-4-2/h13-16,19-24,27-28H,3-12,17-18,25-26H2,1-2H3. The Morgan fingerprint density at radius 1 is 0.460 bits per heavy atom. The molecular weight excluding hydrogens is 649 g/mol. The van der Waals surface area contributed by atoms with E-state index < -0.39 is 0 Å². The molecule has 5 heterocycles. The highest BCUT2D eigenvalue weighted by molar-refractivity contribution is 7.19. The van der Waals surface area contributed by atoms with E-state index in [1.807, 2.05) is 22.7 Å². The fourth-order valence-corrected chi connectivity index (χ4v) is 10.5. The van der Waals surface area contributed by atoms with Crippen LogP contribution in [0.15, 0.2) is 71.4 Å². The second-order valence-electron chi connectivity index (χ2n) is 14.3. The number of aromatic nitrogens is 4. The molecule has 0 fully saturated rings. The van der Waals surface area contributed by atoms with Crippen molar-refractivity contribution in [2.45, 2.75) is 104 Å². The van der Waals surface area contributed by atoms with Crippen LogP contribution in [0.2, 0.25) is 0 Å². The number of hydrogen-bond acceptors (Lipinski definition) is 4. The fourth-order valence-electron chi connectivity index (χ4n) is 8.64. The van der Waals surface area contributed by atoms with E-state index in [0.29, 0.717) is 0 Å². The molecule has 4 aromatic carbocycles. The van der Waals surface area contributed by atoms with Crippen LogP contribution in [0.3, 0.4) is 0 Å². The molecule has 0 radical (unpaired) electrons. The van der Waals surface area contributed by atoms with Crippen LogP contribution in [0.4, 0.5) is 0 Å². The second-order valence-corrected chi connectivity index (χ2v) is 16.1. The lowest BCUT2D eigenvalue weighted by atomic mass is 9.99. The highest BCUT2D eigenvalue weighted by Crippen LogP contribution is 2.47. The van der Waals surface area contributed by atoms with Gasteiger partial charge in [0.25, 0.3) is 0 Å². The van der Waals surface area contributed by atoms with Gasteiger partial charge in [-0.15, -0.1) is 22.7 Å². The summed E-state index contributed by atoms with van der Waals surface area (Å²) in [6.45, 7) is 6.68. The van der Waals surface area contributed by atoms with Crippen molar-refractivity contribution in [3.05, 3.63) is 71.4 Å². The van der Waals surface area contributed by atoms with Crippen molar-refractivity contribution in [1.29, 1.82) is 0 Å². The van der Waals surface area contributed by atoms with E-state index >= 15 is 0 Å². The number of aryl methyl sites for hydroxylation is 2. The number of thiophene rings is 2. The minimum Gasteiger partial charge on any atom is -0.338 e. The summed E-state index contributed by atoms with van der Waals surface area (Å²) in [5.74, 6) is 0. The Labute approximate surface area is 301 Å². The lowest BCUT2D eigenvalue weighted by molar-refractivity contribution is 0.567. The molecule has 0 aliphatic heterocycles. The highest BCUT2D eigenvalue weighted by Gasteiger charge is 2.27. The first-order valence-corrected chi connectivity index (χ1v) is 20.9. The van der Waals surface area contributed by atoms with Gasteiger partial charge in [-0.1, -0.05) is 127 Å². The molecule has 0 saturated carbocycles. The van der Waals surface area contributed by atoms with Gasteiger partial charge in [0, 0.05) is 34.6 Å². The summed E-state index contributed by atoms with van der Waals surface area (Å²) < 4.78 is 8.06. The Morgan fingerprint density at radius 2 is 0.860 bits per heavy atom. The molecule has 4 nitrogen and oxygen atoms in total. The molecule has 50 heavy (non-hydrogen) atoms. The molecule has 0 atom stereocenters. The van der Waals surface area contributed by atoms with Gasteiger partial charge < -0.3 is 9.13 Å². The third-order valence-electron chi connectivity index (χ3n) is 11.1. The number of unbranched alkanes of at least 4 members (excludes halogenated alkanes) is 10. The van der Waals surface area contributed by atoms with Crippen LogP contribution in [0, 0.1) is 0 Å². The molecule has 9 aromatic rings. The van der Waals surface area contributed by atoms with Crippen molar-refractivity contribution in [1.82, 2.24) is 19.1 Å². The smallest absolute Gasteiger partial charge is 0.101 e. The third-order valence-corrected chi connectivity index (χ3v) is 12.9. The van der Waals surface area contributed by atoms with E-state index in [4.69, 9.17) is 9.97 Å². The Bertz CT molecular complexity index is 2470. The van der Waals surface area contributed by atoms with Crippen LogP contribution >= 0.6 is 22.7 Å². The summed E-state index contributed by atoms with van der Waals surface area (Å²) in [6, 6.07) is 22.3. The molecule has 254 valence electrons. The van der Waals surface area contributed by atoms with Crippen LogP contribution in [-0.2, 0) is 13.1 Å². The summed E-state index contributed by atoms with van der Waals surface area (Å²) in [4.78, 5) is 11.5. The van der Waals surface area contributed by atoms with Gasteiger partial charge in [0.05, 0.1) is 42.5 Å². The lowest BCUT2D eigenvalue weighted by Gasteiger charge is -2.15. The van der Waals surface area contributed by atoms with Crippen molar-refractivity contribution in [2.75, 3.05) is 0 Å². The van der Waals surface area contributed by atoms with Gasteiger partial charge in [-0.3, -0.25) is 0 Å². The number of fused-ring (bicyclic) bond motifs is 16. The Morgan fingerprint density at radius 3 is 1.30 bits per heavy atom. The van der Waals surface area contributed by atoms with Crippen molar-refractivity contribution < 1.29 is 0 Å². The molecule has 0 aliphatic carbocycles. The van der Waals surface area contributed by atoms with Crippen LogP contribution in [0.1, 0.15) is 90.9 Å². The lowest BCUT2D eigenvalue weighted by Crippen LogP contribution is -2.03. The van der Waals surface area contributed by atoms with Crippen LogP contribution in [-0.4, -0.2) is 19.1 Å². The summed E-state index contributed by atoms with van der Waals surface area (Å²) in [5.41, 5.74) is 9.58. The SMILES string of the molecule is CCCCCCCCn1c2ccsc2c2c3nc4c5ccccc5c5ccccc5c4nc3c3c4sccc4n(CCCCCCCC)c3c21. The maximum Gasteiger partial charge on any atom is 0.101 e. The fraction of sp³-hybridized carbons (Fsp3) is 0.364. The normalized spacial score (nSPS) is 12.5. The minimum absolute atomic E-state index is 1.01. The maximum atomic E-state index is 5.74. The molecule has 9 rings (SSSR count). The predicted octanol–water partition coefficient (Wildman–Crippen LogP) is 14.1.